The molecule has 1 fully saturated rings. The largest absolute Gasteiger partial charge is 0.353 e. The molecule has 0 bridgehead atoms. The second-order valence-corrected chi connectivity index (χ2v) is 5.82. The van der Waals surface area contributed by atoms with Crippen LogP contribution in [0.1, 0.15) is 65.2 Å². The van der Waals surface area contributed by atoms with Crippen molar-refractivity contribution in [2.45, 2.75) is 71.3 Å². The van der Waals surface area contributed by atoms with Crippen molar-refractivity contribution in [2.24, 2.45) is 17.6 Å². The molecule has 2 atom stereocenters. The molecular weight excluding hydrogens is 224 g/mol. The molecule has 1 rings (SSSR count). The van der Waals surface area contributed by atoms with E-state index in [1.807, 2.05) is 0 Å². The number of nitrogens with two attached hydrogens (primary N) is 1. The Labute approximate surface area is 112 Å². The van der Waals surface area contributed by atoms with Gasteiger partial charge in [0, 0.05) is 12.5 Å². The van der Waals surface area contributed by atoms with Crippen molar-refractivity contribution in [3.8, 4) is 0 Å². The van der Waals surface area contributed by atoms with E-state index in [0.717, 1.165) is 6.42 Å². The Bertz CT molecular complexity index is 231. The van der Waals surface area contributed by atoms with Gasteiger partial charge in [-0.15, -0.1) is 0 Å². The van der Waals surface area contributed by atoms with E-state index in [0.29, 0.717) is 30.8 Å². The molecule has 18 heavy (non-hydrogen) atoms. The average molecular weight is 254 g/mol. The van der Waals surface area contributed by atoms with Gasteiger partial charge in [0.15, 0.2) is 0 Å². The average Bonchev–Trinajstić information content (AvgIpc) is 2.64. The third-order valence-electron chi connectivity index (χ3n) is 4.38. The SMILES string of the molecule is CCC(CN)CC(=O)N[C@@H](C)C1CCCCCC1. The van der Waals surface area contributed by atoms with Crippen LogP contribution in [0.2, 0.25) is 0 Å². The van der Waals surface area contributed by atoms with Crippen molar-refractivity contribution < 1.29 is 4.79 Å². The summed E-state index contributed by atoms with van der Waals surface area (Å²) < 4.78 is 0. The van der Waals surface area contributed by atoms with Crippen LogP contribution in [0.3, 0.4) is 0 Å². The van der Waals surface area contributed by atoms with E-state index < -0.39 is 0 Å². The van der Waals surface area contributed by atoms with Gasteiger partial charge in [-0.25, -0.2) is 0 Å². The first-order chi connectivity index (χ1) is 8.67. The van der Waals surface area contributed by atoms with Crippen LogP contribution in [-0.2, 0) is 4.79 Å². The number of carbonyl (C=O) groups excluding carboxylic acids is 1. The molecule has 0 heterocycles. The Balaban J connectivity index is 2.33. The van der Waals surface area contributed by atoms with Gasteiger partial charge in [0.25, 0.3) is 0 Å². The molecule has 0 spiro atoms. The normalized spacial score (nSPS) is 21.1. The van der Waals surface area contributed by atoms with Gasteiger partial charge in [0.1, 0.15) is 0 Å². The minimum Gasteiger partial charge on any atom is -0.353 e. The summed E-state index contributed by atoms with van der Waals surface area (Å²) in [5.41, 5.74) is 5.65. The fraction of sp³-hybridized carbons (Fsp3) is 0.933. The fourth-order valence-corrected chi connectivity index (χ4v) is 2.90. The number of amides is 1. The lowest BCUT2D eigenvalue weighted by atomic mass is 9.92. The zero-order chi connectivity index (χ0) is 13.4. The minimum absolute atomic E-state index is 0.184. The monoisotopic (exact) mass is 254 g/mol. The van der Waals surface area contributed by atoms with Gasteiger partial charge in [-0.1, -0.05) is 39.0 Å². The number of rotatable bonds is 6. The molecule has 0 aliphatic heterocycles. The smallest absolute Gasteiger partial charge is 0.220 e. The van der Waals surface area contributed by atoms with E-state index in [1.54, 1.807) is 0 Å². The van der Waals surface area contributed by atoms with Gasteiger partial charge in [0.05, 0.1) is 0 Å². The lowest BCUT2D eigenvalue weighted by Gasteiger charge is -2.24. The molecule has 0 aromatic heterocycles. The molecule has 1 aliphatic carbocycles. The van der Waals surface area contributed by atoms with E-state index >= 15 is 0 Å². The lowest BCUT2D eigenvalue weighted by Crippen LogP contribution is -2.39. The summed E-state index contributed by atoms with van der Waals surface area (Å²) in [6.45, 7) is 4.87. The Morgan fingerprint density at radius 2 is 1.89 bits per heavy atom. The second kappa shape index (κ2) is 8.52. The minimum atomic E-state index is 0.184. The van der Waals surface area contributed by atoms with Crippen LogP contribution in [-0.4, -0.2) is 18.5 Å². The zero-order valence-corrected chi connectivity index (χ0v) is 12.1. The molecule has 3 nitrogen and oxygen atoms in total. The summed E-state index contributed by atoms with van der Waals surface area (Å²) in [5, 5.41) is 3.18. The van der Waals surface area contributed by atoms with Crippen molar-refractivity contribution in [3.63, 3.8) is 0 Å². The molecule has 0 saturated heterocycles. The zero-order valence-electron chi connectivity index (χ0n) is 12.1. The number of hydrogen-bond donors (Lipinski definition) is 2. The van der Waals surface area contributed by atoms with Gasteiger partial charge < -0.3 is 11.1 Å². The Kier molecular flexibility index (Phi) is 7.33. The predicted octanol–water partition coefficient (Wildman–Crippen LogP) is 2.84. The summed E-state index contributed by atoms with van der Waals surface area (Å²) in [5.74, 6) is 1.20. The van der Waals surface area contributed by atoms with Crippen LogP contribution in [0.15, 0.2) is 0 Å². The summed E-state index contributed by atoms with van der Waals surface area (Å²) in [4.78, 5) is 11.9. The van der Waals surface area contributed by atoms with E-state index in [9.17, 15) is 4.79 Å². The Morgan fingerprint density at radius 1 is 1.28 bits per heavy atom. The molecular formula is C15H30N2O. The van der Waals surface area contributed by atoms with Crippen molar-refractivity contribution in [2.75, 3.05) is 6.54 Å². The lowest BCUT2D eigenvalue weighted by molar-refractivity contribution is -0.123. The van der Waals surface area contributed by atoms with Crippen molar-refractivity contribution in [1.82, 2.24) is 5.32 Å². The highest BCUT2D eigenvalue weighted by atomic mass is 16.1. The maximum Gasteiger partial charge on any atom is 0.220 e. The van der Waals surface area contributed by atoms with Crippen LogP contribution >= 0.6 is 0 Å². The van der Waals surface area contributed by atoms with E-state index in [2.05, 4.69) is 19.2 Å². The molecule has 0 aromatic carbocycles. The molecule has 1 saturated carbocycles. The number of carbonyl (C=O) groups is 1. The highest BCUT2D eigenvalue weighted by Crippen LogP contribution is 2.25. The predicted molar refractivity (Wildman–Crippen MR) is 76.2 cm³/mol. The number of nitrogens with one attached hydrogen (secondary N) is 1. The summed E-state index contributed by atoms with van der Waals surface area (Å²) >= 11 is 0. The standard InChI is InChI=1S/C15H30N2O/c1-3-13(11-16)10-15(18)17-12(2)14-8-6-4-5-7-9-14/h12-14H,3-11,16H2,1-2H3,(H,17,18)/t12-,13?/m0/s1. The molecule has 3 heteroatoms. The third kappa shape index (κ3) is 5.38. The van der Waals surface area contributed by atoms with Crippen LogP contribution in [0.25, 0.3) is 0 Å². The van der Waals surface area contributed by atoms with Gasteiger partial charge in [-0.3, -0.25) is 4.79 Å². The first kappa shape index (κ1) is 15.5. The van der Waals surface area contributed by atoms with Crippen LogP contribution < -0.4 is 11.1 Å². The Morgan fingerprint density at radius 3 is 2.39 bits per heavy atom. The third-order valence-corrected chi connectivity index (χ3v) is 4.38. The van der Waals surface area contributed by atoms with Crippen LogP contribution in [0.5, 0.6) is 0 Å². The topological polar surface area (TPSA) is 55.1 Å². The van der Waals surface area contributed by atoms with Gasteiger partial charge in [0.2, 0.25) is 5.91 Å². The van der Waals surface area contributed by atoms with Gasteiger partial charge in [-0.2, -0.15) is 0 Å². The highest BCUT2D eigenvalue weighted by molar-refractivity contribution is 5.76. The molecule has 0 aromatic rings. The van der Waals surface area contributed by atoms with Crippen molar-refractivity contribution in [3.05, 3.63) is 0 Å². The molecule has 0 radical (unpaired) electrons. The number of hydrogen-bond acceptors (Lipinski definition) is 2. The van der Waals surface area contributed by atoms with E-state index in [1.165, 1.54) is 38.5 Å². The first-order valence-electron chi connectivity index (χ1n) is 7.66. The van der Waals surface area contributed by atoms with Gasteiger partial charge >= 0.3 is 0 Å². The molecule has 3 N–H and O–H groups in total. The first-order valence-corrected chi connectivity index (χ1v) is 7.66. The van der Waals surface area contributed by atoms with E-state index in [-0.39, 0.29) is 5.91 Å². The summed E-state index contributed by atoms with van der Waals surface area (Å²) in [6.07, 6.45) is 9.50. The van der Waals surface area contributed by atoms with E-state index in [4.69, 9.17) is 5.73 Å². The molecule has 1 amide bonds. The molecule has 1 unspecified atom stereocenters. The summed E-state index contributed by atoms with van der Waals surface area (Å²) in [7, 11) is 0. The van der Waals surface area contributed by atoms with Crippen LogP contribution in [0.4, 0.5) is 0 Å². The van der Waals surface area contributed by atoms with Gasteiger partial charge in [-0.05, 0) is 38.1 Å². The molecule has 106 valence electrons. The molecule has 1 aliphatic rings. The summed E-state index contributed by atoms with van der Waals surface area (Å²) in [6, 6.07) is 0.325. The quantitative estimate of drug-likeness (QED) is 0.716. The maximum absolute atomic E-state index is 11.9. The fourth-order valence-electron chi connectivity index (χ4n) is 2.90. The second-order valence-electron chi connectivity index (χ2n) is 5.82. The highest BCUT2D eigenvalue weighted by Gasteiger charge is 2.21. The van der Waals surface area contributed by atoms with Crippen molar-refractivity contribution in [1.29, 1.82) is 0 Å². The Hall–Kier alpha value is -0.570. The van der Waals surface area contributed by atoms with Crippen LogP contribution in [0, 0.1) is 11.8 Å². The maximum atomic E-state index is 11.9. The van der Waals surface area contributed by atoms with Crippen molar-refractivity contribution >= 4 is 5.91 Å².